The van der Waals surface area contributed by atoms with Gasteiger partial charge in [0.15, 0.2) is 0 Å². The second-order valence-electron chi connectivity index (χ2n) is 12.2. The predicted octanol–water partition coefficient (Wildman–Crippen LogP) is 8.02. The van der Waals surface area contributed by atoms with Crippen molar-refractivity contribution in [1.29, 1.82) is 0 Å². The van der Waals surface area contributed by atoms with Crippen LogP contribution < -0.4 is 9.47 Å². The summed E-state index contributed by atoms with van der Waals surface area (Å²) >= 11 is 0. The van der Waals surface area contributed by atoms with Gasteiger partial charge in [0.2, 0.25) is 0 Å². The van der Waals surface area contributed by atoms with Crippen molar-refractivity contribution >= 4 is 16.6 Å². The molecule has 1 unspecified atom stereocenters. The highest BCUT2D eigenvalue weighted by molar-refractivity contribution is 8.24. The molecular weight excluding hydrogens is 548 g/mol. The SMILES string of the molecule is COC(=O)CC(c1cccc(OCc2ccc3c(c2)-c2ccc(OCC4CCS(O)(O)CC4)cc2CCC3)c1)C1CC1. The van der Waals surface area contributed by atoms with E-state index in [0.29, 0.717) is 43.0 Å². The largest absolute Gasteiger partial charge is 0.493 e. The summed E-state index contributed by atoms with van der Waals surface area (Å²) in [6.07, 6.45) is 7.51. The van der Waals surface area contributed by atoms with Crippen molar-refractivity contribution < 1.29 is 28.1 Å². The average Bonchev–Trinajstić information content (AvgIpc) is 3.85. The maximum atomic E-state index is 12.0. The summed E-state index contributed by atoms with van der Waals surface area (Å²) in [5.41, 5.74) is 7.49. The van der Waals surface area contributed by atoms with E-state index in [1.54, 1.807) is 0 Å². The number of carbonyl (C=O) groups is 1. The van der Waals surface area contributed by atoms with Crippen LogP contribution in [0, 0.1) is 11.8 Å². The molecule has 3 aromatic carbocycles. The zero-order chi connectivity index (χ0) is 29.1. The average molecular weight is 591 g/mol. The summed E-state index contributed by atoms with van der Waals surface area (Å²) in [5, 5.41) is 0. The highest BCUT2D eigenvalue weighted by Gasteiger charge is 2.34. The Morgan fingerprint density at radius 2 is 1.67 bits per heavy atom. The Labute approximate surface area is 250 Å². The van der Waals surface area contributed by atoms with Gasteiger partial charge in [0, 0.05) is 11.5 Å². The molecule has 1 saturated carbocycles. The van der Waals surface area contributed by atoms with Gasteiger partial charge < -0.3 is 14.2 Å². The number of hydrogen-bond donors (Lipinski definition) is 2. The quantitative estimate of drug-likeness (QED) is 0.233. The first-order chi connectivity index (χ1) is 20.4. The van der Waals surface area contributed by atoms with Crippen LogP contribution in [0.2, 0.25) is 0 Å². The van der Waals surface area contributed by atoms with Crippen LogP contribution in [0.1, 0.15) is 66.7 Å². The molecule has 7 heteroatoms. The topological polar surface area (TPSA) is 85.2 Å². The third kappa shape index (κ3) is 7.13. The smallest absolute Gasteiger partial charge is 0.306 e. The van der Waals surface area contributed by atoms with Crippen LogP contribution in [0.3, 0.4) is 0 Å². The molecule has 0 aromatic heterocycles. The van der Waals surface area contributed by atoms with Crippen LogP contribution in [0.4, 0.5) is 0 Å². The van der Waals surface area contributed by atoms with E-state index in [0.717, 1.165) is 67.6 Å². The number of methoxy groups -OCH3 is 1. The first-order valence-electron chi connectivity index (χ1n) is 15.3. The van der Waals surface area contributed by atoms with E-state index in [4.69, 9.17) is 14.2 Å². The summed E-state index contributed by atoms with van der Waals surface area (Å²) in [7, 11) is -0.903. The van der Waals surface area contributed by atoms with Crippen molar-refractivity contribution in [2.45, 2.75) is 63.9 Å². The first kappa shape index (κ1) is 29.1. The van der Waals surface area contributed by atoms with Gasteiger partial charge in [-0.3, -0.25) is 13.9 Å². The number of carbonyl (C=O) groups excluding carboxylic acids is 1. The Hall–Kier alpha value is -3.00. The van der Waals surface area contributed by atoms with Crippen molar-refractivity contribution in [2.24, 2.45) is 11.8 Å². The van der Waals surface area contributed by atoms with Crippen LogP contribution in [-0.2, 0) is 29.0 Å². The fourth-order valence-corrected chi connectivity index (χ4v) is 8.06. The van der Waals surface area contributed by atoms with Crippen molar-refractivity contribution in [1.82, 2.24) is 0 Å². The van der Waals surface area contributed by atoms with Gasteiger partial charge in [-0.05, 0) is 126 Å². The molecular formula is C35H42O6S. The zero-order valence-corrected chi connectivity index (χ0v) is 25.2. The van der Waals surface area contributed by atoms with Crippen molar-refractivity contribution in [3.05, 3.63) is 82.9 Å². The zero-order valence-electron chi connectivity index (χ0n) is 24.4. The number of aryl methyl sites for hydroxylation is 2. The number of benzene rings is 3. The molecule has 6 nitrogen and oxygen atoms in total. The second-order valence-corrected chi connectivity index (χ2v) is 14.6. The van der Waals surface area contributed by atoms with Crippen LogP contribution >= 0.6 is 10.6 Å². The molecule has 2 N–H and O–H groups in total. The van der Waals surface area contributed by atoms with Crippen LogP contribution in [-0.4, -0.2) is 40.3 Å². The third-order valence-corrected chi connectivity index (χ3v) is 10.9. The molecule has 1 aliphatic heterocycles. The molecule has 2 fully saturated rings. The normalized spacial score (nSPS) is 19.5. The van der Waals surface area contributed by atoms with E-state index in [9.17, 15) is 13.9 Å². The Morgan fingerprint density at radius 1 is 0.881 bits per heavy atom. The molecule has 1 saturated heterocycles. The van der Waals surface area contributed by atoms with E-state index in [1.807, 2.05) is 12.1 Å². The molecule has 6 rings (SSSR count). The van der Waals surface area contributed by atoms with E-state index in [-0.39, 0.29) is 11.9 Å². The van der Waals surface area contributed by atoms with Crippen LogP contribution in [0.5, 0.6) is 11.5 Å². The summed E-state index contributed by atoms with van der Waals surface area (Å²) in [5.74, 6) is 3.65. The number of esters is 1. The standard InChI is InChI=1S/C35H42O6S/c1-39-35(36)21-33(27-10-11-27)29-6-3-7-30(20-29)41-23-25-8-9-26-4-2-5-28-19-31(12-13-32(28)34(26)18-25)40-22-24-14-16-42(37,38)17-15-24/h3,6-9,12-13,18-20,24,27,33,37-38H,2,4-5,10-11,14-17,21-23H2,1H3. The van der Waals surface area contributed by atoms with E-state index in [2.05, 4.69) is 48.5 Å². The number of rotatable bonds is 10. The Kier molecular flexibility index (Phi) is 8.80. The first-order valence-corrected chi connectivity index (χ1v) is 17.2. The number of fused-ring (bicyclic) bond motifs is 3. The molecule has 42 heavy (non-hydrogen) atoms. The lowest BCUT2D eigenvalue weighted by Gasteiger charge is -2.39. The lowest BCUT2D eigenvalue weighted by molar-refractivity contribution is -0.141. The maximum Gasteiger partial charge on any atom is 0.306 e. The fourth-order valence-electron chi connectivity index (χ4n) is 6.44. The van der Waals surface area contributed by atoms with Crippen LogP contribution in [0.15, 0.2) is 60.7 Å². The molecule has 224 valence electrons. The third-order valence-electron chi connectivity index (χ3n) is 9.12. The van der Waals surface area contributed by atoms with E-state index in [1.165, 1.54) is 29.4 Å². The lowest BCUT2D eigenvalue weighted by Crippen LogP contribution is -2.24. The summed E-state index contributed by atoms with van der Waals surface area (Å²) in [4.78, 5) is 12.0. The lowest BCUT2D eigenvalue weighted by atomic mass is 9.91. The minimum Gasteiger partial charge on any atom is -0.493 e. The molecule has 1 atom stereocenters. The Bertz CT molecular complexity index is 1400. The Morgan fingerprint density at radius 3 is 2.45 bits per heavy atom. The maximum absolute atomic E-state index is 12.0. The minimum absolute atomic E-state index is 0.159. The molecule has 3 aliphatic rings. The van der Waals surface area contributed by atoms with Crippen LogP contribution in [0.25, 0.3) is 11.1 Å². The van der Waals surface area contributed by atoms with Crippen molar-refractivity contribution in [2.75, 3.05) is 25.2 Å². The molecule has 1 heterocycles. The molecule has 0 bridgehead atoms. The number of hydrogen-bond acceptors (Lipinski definition) is 6. The summed E-state index contributed by atoms with van der Waals surface area (Å²) < 4.78 is 37.2. The van der Waals surface area contributed by atoms with Gasteiger partial charge in [-0.25, -0.2) is 0 Å². The summed E-state index contributed by atoms with van der Waals surface area (Å²) in [6, 6.07) is 21.4. The number of ether oxygens (including phenoxy) is 3. The van der Waals surface area contributed by atoms with Gasteiger partial charge in [0.25, 0.3) is 0 Å². The monoisotopic (exact) mass is 590 g/mol. The van der Waals surface area contributed by atoms with Gasteiger partial charge >= 0.3 is 5.97 Å². The van der Waals surface area contributed by atoms with Gasteiger partial charge in [0.05, 0.1) is 20.1 Å². The molecule has 0 radical (unpaired) electrons. The van der Waals surface area contributed by atoms with Gasteiger partial charge in [-0.1, -0.05) is 30.3 Å². The molecule has 2 aliphatic carbocycles. The van der Waals surface area contributed by atoms with Crippen molar-refractivity contribution in [3.8, 4) is 22.6 Å². The molecule has 0 amide bonds. The van der Waals surface area contributed by atoms with Gasteiger partial charge in [-0.2, -0.15) is 10.6 Å². The molecule has 3 aromatic rings. The molecule has 0 spiro atoms. The summed E-state index contributed by atoms with van der Waals surface area (Å²) in [6.45, 7) is 1.10. The fraction of sp³-hybridized carbons (Fsp3) is 0.457. The highest BCUT2D eigenvalue weighted by atomic mass is 32.3. The van der Waals surface area contributed by atoms with E-state index < -0.39 is 10.6 Å². The second kappa shape index (κ2) is 12.7. The van der Waals surface area contributed by atoms with E-state index >= 15 is 0 Å². The highest BCUT2D eigenvalue weighted by Crippen LogP contribution is 2.46. The predicted molar refractivity (Wildman–Crippen MR) is 168 cm³/mol. The van der Waals surface area contributed by atoms with Gasteiger partial charge in [-0.15, -0.1) is 0 Å². The van der Waals surface area contributed by atoms with Gasteiger partial charge in [0.1, 0.15) is 18.1 Å². The Balaban J connectivity index is 1.13. The van der Waals surface area contributed by atoms with Crippen molar-refractivity contribution in [3.63, 3.8) is 0 Å². The minimum atomic E-state index is -2.36.